The van der Waals surface area contributed by atoms with Gasteiger partial charge in [0.25, 0.3) is 0 Å². The summed E-state index contributed by atoms with van der Waals surface area (Å²) in [5.74, 6) is -0.738. The molecule has 7 heteroatoms. The molecule has 0 atom stereocenters. The Balaban J connectivity index is 0.000000236. The van der Waals surface area contributed by atoms with Crippen LogP contribution in [0.2, 0.25) is 0 Å². The molecular formula is C18H20N4O3. The van der Waals surface area contributed by atoms with E-state index in [-0.39, 0.29) is 5.69 Å². The number of H-pyrrole nitrogens is 1. The summed E-state index contributed by atoms with van der Waals surface area (Å²) < 4.78 is 5.70. The van der Waals surface area contributed by atoms with E-state index >= 15 is 0 Å². The van der Waals surface area contributed by atoms with Gasteiger partial charge in [-0.2, -0.15) is 0 Å². The highest BCUT2D eigenvalue weighted by atomic mass is 16.5. The van der Waals surface area contributed by atoms with Crippen LogP contribution in [0.5, 0.6) is 0 Å². The monoisotopic (exact) mass is 340 g/mol. The second-order valence-corrected chi connectivity index (χ2v) is 5.12. The van der Waals surface area contributed by atoms with Crippen LogP contribution in [-0.4, -0.2) is 28.1 Å². The van der Waals surface area contributed by atoms with E-state index in [0.29, 0.717) is 13.1 Å². The molecule has 7 nitrogen and oxygen atoms in total. The lowest BCUT2D eigenvalue weighted by Gasteiger charge is -1.99. The summed E-state index contributed by atoms with van der Waals surface area (Å²) in [5, 5.41) is 6.12. The molecule has 3 N–H and O–H groups in total. The van der Waals surface area contributed by atoms with Crippen molar-refractivity contribution in [3.63, 3.8) is 0 Å². The number of benzene rings is 2. The van der Waals surface area contributed by atoms with E-state index in [1.165, 1.54) is 17.4 Å². The number of nitrogens with two attached hydrogens (primary N) is 1. The zero-order chi connectivity index (χ0) is 18.1. The van der Waals surface area contributed by atoms with Crippen LogP contribution in [0, 0.1) is 0 Å². The number of ether oxygens (including phenoxy) is 1. The largest absolute Gasteiger partial charge is 0.464 e. The molecule has 0 aliphatic carbocycles. The number of rotatable bonds is 4. The van der Waals surface area contributed by atoms with Gasteiger partial charge in [-0.25, -0.2) is 14.7 Å². The van der Waals surface area contributed by atoms with E-state index in [0.717, 1.165) is 5.56 Å². The first-order chi connectivity index (χ1) is 12.2. The van der Waals surface area contributed by atoms with Gasteiger partial charge in [0.15, 0.2) is 0 Å². The summed E-state index contributed by atoms with van der Waals surface area (Å²) in [6.07, 6.45) is 0. The molecule has 3 aromatic rings. The maximum absolute atomic E-state index is 11.7. The third-order valence-electron chi connectivity index (χ3n) is 3.37. The maximum Gasteiger partial charge on any atom is 0.364 e. The Morgan fingerprint density at radius 2 is 1.64 bits per heavy atom. The van der Waals surface area contributed by atoms with Gasteiger partial charge in [0.1, 0.15) is 0 Å². The number of carbonyl (C=O) groups excluding carboxylic acids is 1. The minimum Gasteiger partial charge on any atom is -0.464 e. The van der Waals surface area contributed by atoms with Crippen LogP contribution in [0.1, 0.15) is 21.6 Å². The molecule has 0 saturated carbocycles. The quantitative estimate of drug-likeness (QED) is 0.702. The van der Waals surface area contributed by atoms with Crippen LogP contribution in [-0.2, 0) is 17.8 Å². The molecule has 2 aromatic carbocycles. The van der Waals surface area contributed by atoms with Crippen LogP contribution < -0.4 is 11.3 Å². The van der Waals surface area contributed by atoms with Gasteiger partial charge in [0.05, 0.1) is 13.7 Å². The lowest BCUT2D eigenvalue weighted by atomic mass is 10.2. The van der Waals surface area contributed by atoms with E-state index in [2.05, 4.69) is 15.0 Å². The fourth-order valence-electron chi connectivity index (χ4n) is 2.05. The molecule has 0 fully saturated rings. The van der Waals surface area contributed by atoms with Crippen molar-refractivity contribution in [3.05, 3.63) is 87.8 Å². The topological polar surface area (TPSA) is 103 Å². The predicted molar refractivity (Wildman–Crippen MR) is 94.1 cm³/mol. The zero-order valence-corrected chi connectivity index (χ0v) is 13.9. The summed E-state index contributed by atoms with van der Waals surface area (Å²) in [5.41, 5.74) is 6.76. The van der Waals surface area contributed by atoms with Gasteiger partial charge in [-0.1, -0.05) is 60.7 Å². The second kappa shape index (κ2) is 9.19. The van der Waals surface area contributed by atoms with Crippen molar-refractivity contribution in [3.8, 4) is 0 Å². The van der Waals surface area contributed by atoms with Crippen molar-refractivity contribution in [2.24, 2.45) is 5.73 Å². The average molecular weight is 340 g/mol. The van der Waals surface area contributed by atoms with E-state index in [9.17, 15) is 9.59 Å². The van der Waals surface area contributed by atoms with Crippen LogP contribution in [0.15, 0.2) is 65.5 Å². The van der Waals surface area contributed by atoms with E-state index < -0.39 is 11.5 Å². The number of hydrogen-bond donors (Lipinski definition) is 2. The minimum atomic E-state index is -0.738. The summed E-state index contributed by atoms with van der Waals surface area (Å²) in [6, 6.07) is 19.4. The highest BCUT2D eigenvalue weighted by Crippen LogP contribution is 1.99. The Kier molecular flexibility index (Phi) is 6.67. The Morgan fingerprint density at radius 1 is 1.08 bits per heavy atom. The number of aromatic nitrogens is 3. The first kappa shape index (κ1) is 18.2. The first-order valence-electron chi connectivity index (χ1n) is 7.67. The molecule has 0 spiro atoms. The number of nitrogens with zero attached hydrogens (tertiary/aromatic N) is 2. The van der Waals surface area contributed by atoms with Gasteiger partial charge < -0.3 is 10.5 Å². The normalized spacial score (nSPS) is 9.84. The summed E-state index contributed by atoms with van der Waals surface area (Å²) in [6.45, 7) is 0.977. The Labute approximate surface area is 145 Å². The van der Waals surface area contributed by atoms with E-state index in [4.69, 9.17) is 5.73 Å². The van der Waals surface area contributed by atoms with Gasteiger partial charge in [-0.3, -0.25) is 4.79 Å². The Hall–Kier alpha value is -3.19. The van der Waals surface area contributed by atoms with Gasteiger partial charge in [-0.05, 0) is 11.1 Å². The molecule has 1 aromatic heterocycles. The van der Waals surface area contributed by atoms with Crippen molar-refractivity contribution in [2.45, 2.75) is 13.1 Å². The fourth-order valence-corrected chi connectivity index (χ4v) is 2.05. The minimum absolute atomic E-state index is 0.233. The summed E-state index contributed by atoms with van der Waals surface area (Å²) in [7, 11) is 1.21. The van der Waals surface area contributed by atoms with Crippen molar-refractivity contribution in [1.82, 2.24) is 15.0 Å². The van der Waals surface area contributed by atoms with Crippen LogP contribution in [0.4, 0.5) is 0 Å². The standard InChI is InChI=1S/C11H11N3O3.C7H9N/c1-17-11(16)9-10(15)14(13-12-9)7-8-5-3-2-4-6-8;8-6-7-4-2-1-3-5-7/h2-6,13H,7H2,1H3;1-5H,6,8H2. The molecule has 130 valence electrons. The lowest BCUT2D eigenvalue weighted by molar-refractivity contribution is 0.0592. The number of carbonyl (C=O) groups is 1. The molecule has 1 heterocycles. The molecule has 0 radical (unpaired) electrons. The van der Waals surface area contributed by atoms with E-state index in [1.807, 2.05) is 60.7 Å². The van der Waals surface area contributed by atoms with Crippen molar-refractivity contribution in [1.29, 1.82) is 0 Å². The zero-order valence-electron chi connectivity index (χ0n) is 13.9. The maximum atomic E-state index is 11.7. The van der Waals surface area contributed by atoms with Crippen LogP contribution in [0.3, 0.4) is 0 Å². The lowest BCUT2D eigenvalue weighted by Crippen LogP contribution is -2.22. The van der Waals surface area contributed by atoms with Gasteiger partial charge in [0.2, 0.25) is 5.69 Å². The second-order valence-electron chi connectivity index (χ2n) is 5.12. The number of esters is 1. The molecule has 3 rings (SSSR count). The number of methoxy groups -OCH3 is 1. The molecule has 25 heavy (non-hydrogen) atoms. The molecule has 0 bridgehead atoms. The molecular weight excluding hydrogens is 320 g/mol. The number of nitrogens with one attached hydrogen (secondary N) is 1. The van der Waals surface area contributed by atoms with Crippen LogP contribution >= 0.6 is 0 Å². The molecule has 0 amide bonds. The smallest absolute Gasteiger partial charge is 0.364 e. The highest BCUT2D eigenvalue weighted by Gasteiger charge is 2.16. The molecule has 0 aliphatic heterocycles. The van der Waals surface area contributed by atoms with Gasteiger partial charge >= 0.3 is 11.5 Å². The van der Waals surface area contributed by atoms with Crippen molar-refractivity contribution >= 4 is 5.97 Å². The predicted octanol–water partition coefficient (Wildman–Crippen LogP) is 1.55. The average Bonchev–Trinajstić information content (AvgIpc) is 3.03. The number of hydrogen-bond acceptors (Lipinski definition) is 5. The number of aromatic amines is 1. The molecule has 0 saturated heterocycles. The van der Waals surface area contributed by atoms with Crippen molar-refractivity contribution < 1.29 is 9.53 Å². The third-order valence-corrected chi connectivity index (χ3v) is 3.37. The summed E-state index contributed by atoms with van der Waals surface area (Å²) >= 11 is 0. The molecule has 0 aliphatic rings. The van der Waals surface area contributed by atoms with E-state index in [1.54, 1.807) is 0 Å². The van der Waals surface area contributed by atoms with Gasteiger partial charge in [-0.15, -0.1) is 5.10 Å². The highest BCUT2D eigenvalue weighted by molar-refractivity contribution is 5.86. The molecule has 0 unspecified atom stereocenters. The third kappa shape index (κ3) is 5.15. The fraction of sp³-hybridized carbons (Fsp3) is 0.167. The van der Waals surface area contributed by atoms with Crippen LogP contribution in [0.25, 0.3) is 0 Å². The van der Waals surface area contributed by atoms with Crippen molar-refractivity contribution in [2.75, 3.05) is 7.11 Å². The SMILES string of the molecule is COC(=O)c1n[nH]n(Cc2ccccc2)c1=O.NCc1ccccc1. The summed E-state index contributed by atoms with van der Waals surface area (Å²) in [4.78, 5) is 22.9. The first-order valence-corrected chi connectivity index (χ1v) is 7.67. The Morgan fingerprint density at radius 3 is 2.12 bits per heavy atom. The Bertz CT molecular complexity index is 842. The van der Waals surface area contributed by atoms with Gasteiger partial charge in [0, 0.05) is 6.54 Å².